The zero-order valence-electron chi connectivity index (χ0n) is 9.65. The molecule has 6 heteroatoms. The van der Waals surface area contributed by atoms with Crippen LogP contribution >= 0.6 is 0 Å². The normalized spacial score (nSPS) is 12.0. The third-order valence-corrected chi connectivity index (χ3v) is 2.33. The SMILES string of the molecule is N#CCC(O)Cc1nc(Cc2cccnc2)no1. The van der Waals surface area contributed by atoms with Crippen LogP contribution in [-0.2, 0) is 12.8 Å². The highest BCUT2D eigenvalue weighted by atomic mass is 16.5. The Morgan fingerprint density at radius 2 is 2.39 bits per heavy atom. The van der Waals surface area contributed by atoms with Crippen molar-refractivity contribution in [3.63, 3.8) is 0 Å². The molecule has 0 saturated heterocycles. The highest BCUT2D eigenvalue weighted by Crippen LogP contribution is 2.07. The molecule has 0 spiro atoms. The van der Waals surface area contributed by atoms with E-state index in [0.717, 1.165) is 5.56 Å². The molecule has 0 aliphatic carbocycles. The smallest absolute Gasteiger partial charge is 0.229 e. The van der Waals surface area contributed by atoms with Crippen LogP contribution in [0.4, 0.5) is 0 Å². The largest absolute Gasteiger partial charge is 0.392 e. The summed E-state index contributed by atoms with van der Waals surface area (Å²) in [5.41, 5.74) is 0.988. The maximum Gasteiger partial charge on any atom is 0.229 e. The third kappa shape index (κ3) is 3.37. The number of aliphatic hydroxyl groups excluding tert-OH is 1. The second-order valence-corrected chi connectivity index (χ2v) is 3.86. The monoisotopic (exact) mass is 244 g/mol. The van der Waals surface area contributed by atoms with Gasteiger partial charge in [-0.25, -0.2) is 0 Å². The first-order valence-electron chi connectivity index (χ1n) is 5.53. The van der Waals surface area contributed by atoms with E-state index in [9.17, 15) is 5.11 Å². The summed E-state index contributed by atoms with van der Waals surface area (Å²) in [7, 11) is 0. The first-order valence-corrected chi connectivity index (χ1v) is 5.53. The highest BCUT2D eigenvalue weighted by molar-refractivity contribution is 5.13. The molecule has 92 valence electrons. The van der Waals surface area contributed by atoms with Crippen LogP contribution in [0.25, 0.3) is 0 Å². The maximum atomic E-state index is 9.44. The topological polar surface area (TPSA) is 95.8 Å². The summed E-state index contributed by atoms with van der Waals surface area (Å²) >= 11 is 0. The van der Waals surface area contributed by atoms with Gasteiger partial charge in [-0.2, -0.15) is 10.2 Å². The van der Waals surface area contributed by atoms with Crippen molar-refractivity contribution in [1.29, 1.82) is 5.26 Å². The predicted molar refractivity (Wildman–Crippen MR) is 61.3 cm³/mol. The molecule has 2 aromatic heterocycles. The zero-order chi connectivity index (χ0) is 12.8. The maximum absolute atomic E-state index is 9.44. The molecule has 0 aliphatic rings. The van der Waals surface area contributed by atoms with E-state index in [1.54, 1.807) is 12.4 Å². The fourth-order valence-electron chi connectivity index (χ4n) is 1.51. The molecule has 0 bridgehead atoms. The van der Waals surface area contributed by atoms with Gasteiger partial charge in [0.1, 0.15) is 0 Å². The second-order valence-electron chi connectivity index (χ2n) is 3.86. The number of aromatic nitrogens is 3. The molecule has 0 aromatic carbocycles. The average molecular weight is 244 g/mol. The van der Waals surface area contributed by atoms with Gasteiger partial charge in [-0.1, -0.05) is 11.2 Å². The quantitative estimate of drug-likeness (QED) is 0.838. The second kappa shape index (κ2) is 5.89. The molecule has 0 fully saturated rings. The molecule has 0 radical (unpaired) electrons. The minimum absolute atomic E-state index is 0.0559. The number of nitrogens with zero attached hydrogens (tertiary/aromatic N) is 4. The van der Waals surface area contributed by atoms with E-state index in [2.05, 4.69) is 15.1 Å². The van der Waals surface area contributed by atoms with Crippen molar-refractivity contribution in [1.82, 2.24) is 15.1 Å². The Labute approximate surface area is 104 Å². The molecule has 18 heavy (non-hydrogen) atoms. The van der Waals surface area contributed by atoms with Gasteiger partial charge in [-0.15, -0.1) is 0 Å². The highest BCUT2D eigenvalue weighted by Gasteiger charge is 2.12. The summed E-state index contributed by atoms with van der Waals surface area (Å²) in [6.07, 6.45) is 3.46. The van der Waals surface area contributed by atoms with Gasteiger partial charge in [0.25, 0.3) is 0 Å². The Kier molecular flexibility index (Phi) is 3.99. The fraction of sp³-hybridized carbons (Fsp3) is 0.333. The van der Waals surface area contributed by atoms with Gasteiger partial charge in [0.05, 0.1) is 25.0 Å². The van der Waals surface area contributed by atoms with Crippen LogP contribution < -0.4 is 0 Å². The van der Waals surface area contributed by atoms with Crippen molar-refractivity contribution in [3.8, 4) is 6.07 Å². The summed E-state index contributed by atoms with van der Waals surface area (Å²) in [4.78, 5) is 8.15. The molecular weight excluding hydrogens is 232 g/mol. The van der Waals surface area contributed by atoms with E-state index in [1.165, 1.54) is 0 Å². The lowest BCUT2D eigenvalue weighted by Crippen LogP contribution is -2.09. The van der Waals surface area contributed by atoms with Crippen LogP contribution in [0.3, 0.4) is 0 Å². The molecule has 2 heterocycles. The first-order chi connectivity index (χ1) is 8.78. The molecule has 2 aromatic rings. The summed E-state index contributed by atoms with van der Waals surface area (Å²) in [6, 6.07) is 5.65. The van der Waals surface area contributed by atoms with Crippen LogP contribution in [0.2, 0.25) is 0 Å². The molecule has 1 N–H and O–H groups in total. The van der Waals surface area contributed by atoms with Crippen molar-refractivity contribution in [3.05, 3.63) is 41.8 Å². The van der Waals surface area contributed by atoms with E-state index in [1.807, 2.05) is 18.2 Å². The van der Waals surface area contributed by atoms with Crippen LogP contribution in [-0.4, -0.2) is 26.3 Å². The van der Waals surface area contributed by atoms with Crippen molar-refractivity contribution < 1.29 is 9.63 Å². The van der Waals surface area contributed by atoms with Crippen LogP contribution in [0.5, 0.6) is 0 Å². The van der Waals surface area contributed by atoms with Crippen molar-refractivity contribution >= 4 is 0 Å². The van der Waals surface area contributed by atoms with E-state index in [4.69, 9.17) is 9.78 Å². The van der Waals surface area contributed by atoms with Crippen molar-refractivity contribution in [2.45, 2.75) is 25.4 Å². The number of hydrogen-bond donors (Lipinski definition) is 1. The Bertz CT molecular complexity index is 533. The van der Waals surface area contributed by atoms with Gasteiger partial charge < -0.3 is 9.63 Å². The molecule has 2 rings (SSSR count). The Balaban J connectivity index is 1.96. The number of nitriles is 1. The Morgan fingerprint density at radius 1 is 1.50 bits per heavy atom. The van der Waals surface area contributed by atoms with Crippen LogP contribution in [0, 0.1) is 11.3 Å². The molecular formula is C12H12N4O2. The third-order valence-electron chi connectivity index (χ3n) is 2.33. The Morgan fingerprint density at radius 3 is 3.11 bits per heavy atom. The minimum Gasteiger partial charge on any atom is -0.392 e. The predicted octanol–water partition coefficient (Wildman–Crippen LogP) is 0.872. The summed E-state index contributed by atoms with van der Waals surface area (Å²) < 4.78 is 5.00. The van der Waals surface area contributed by atoms with E-state index in [0.29, 0.717) is 18.1 Å². The fourth-order valence-corrected chi connectivity index (χ4v) is 1.51. The summed E-state index contributed by atoms with van der Waals surface area (Å²) in [5, 5.41) is 21.7. The number of pyridine rings is 1. The van der Waals surface area contributed by atoms with E-state index < -0.39 is 6.10 Å². The van der Waals surface area contributed by atoms with Gasteiger partial charge in [0, 0.05) is 18.8 Å². The first kappa shape index (κ1) is 12.2. The van der Waals surface area contributed by atoms with Gasteiger partial charge in [-0.3, -0.25) is 4.98 Å². The lowest BCUT2D eigenvalue weighted by molar-refractivity contribution is 0.167. The van der Waals surface area contributed by atoms with Crippen LogP contribution in [0.1, 0.15) is 23.7 Å². The molecule has 6 nitrogen and oxygen atoms in total. The molecule has 1 unspecified atom stereocenters. The Hall–Kier alpha value is -2.26. The molecule has 0 saturated carbocycles. The number of aliphatic hydroxyl groups is 1. The lowest BCUT2D eigenvalue weighted by atomic mass is 10.2. The summed E-state index contributed by atoms with van der Waals surface area (Å²) in [5.74, 6) is 0.888. The van der Waals surface area contributed by atoms with Gasteiger partial charge in [0.2, 0.25) is 5.89 Å². The standard InChI is InChI=1S/C12H12N4O2/c13-4-3-10(17)7-12-15-11(16-18-12)6-9-2-1-5-14-8-9/h1-2,5,8,10,17H,3,6-7H2. The molecule has 1 atom stereocenters. The average Bonchev–Trinajstić information content (AvgIpc) is 2.78. The number of rotatable bonds is 5. The van der Waals surface area contributed by atoms with Crippen molar-refractivity contribution in [2.24, 2.45) is 0 Å². The minimum atomic E-state index is -0.762. The van der Waals surface area contributed by atoms with Crippen LogP contribution in [0.15, 0.2) is 29.0 Å². The van der Waals surface area contributed by atoms with Gasteiger partial charge in [-0.05, 0) is 11.6 Å². The lowest BCUT2D eigenvalue weighted by Gasteiger charge is -1.99. The molecule has 0 aliphatic heterocycles. The zero-order valence-corrected chi connectivity index (χ0v) is 9.65. The van der Waals surface area contributed by atoms with E-state index >= 15 is 0 Å². The van der Waals surface area contributed by atoms with E-state index in [-0.39, 0.29) is 12.8 Å². The van der Waals surface area contributed by atoms with Gasteiger partial charge in [0.15, 0.2) is 5.82 Å². The van der Waals surface area contributed by atoms with Gasteiger partial charge >= 0.3 is 0 Å². The number of hydrogen-bond acceptors (Lipinski definition) is 6. The van der Waals surface area contributed by atoms with Crippen molar-refractivity contribution in [2.75, 3.05) is 0 Å². The summed E-state index contributed by atoms with van der Waals surface area (Å²) in [6.45, 7) is 0. The molecule has 0 amide bonds.